The molecule has 0 aromatic carbocycles. The molecule has 5 nitrogen and oxygen atoms in total. The van der Waals surface area contributed by atoms with Gasteiger partial charge in [-0.3, -0.25) is 16.3 Å². The average molecular weight is 217 g/mol. The largest absolute Gasteiger partial charge is 0.336 e. The first-order valence-corrected chi connectivity index (χ1v) is 5.12. The zero-order valence-corrected chi connectivity index (χ0v) is 9.17. The highest BCUT2D eigenvalue weighted by Crippen LogP contribution is 2.15. The van der Waals surface area contributed by atoms with Crippen LogP contribution in [0.1, 0.15) is 17.3 Å². The van der Waals surface area contributed by atoms with Crippen molar-refractivity contribution < 1.29 is 0 Å². The van der Waals surface area contributed by atoms with Gasteiger partial charge >= 0.3 is 0 Å². The molecule has 0 fully saturated rings. The van der Waals surface area contributed by atoms with Crippen molar-refractivity contribution in [1.29, 1.82) is 0 Å². The van der Waals surface area contributed by atoms with Crippen molar-refractivity contribution in [2.75, 3.05) is 0 Å². The standard InChI is InChI=1S/C11H15N5/c1-16-8-14-7-11(16)10(15-12)5-9-3-2-4-13-6-9/h2-4,6-8,10,15H,5,12H2,1H3. The first-order valence-electron chi connectivity index (χ1n) is 5.12. The summed E-state index contributed by atoms with van der Waals surface area (Å²) in [7, 11) is 1.95. The summed E-state index contributed by atoms with van der Waals surface area (Å²) < 4.78 is 1.96. The Hall–Kier alpha value is -1.72. The highest BCUT2D eigenvalue weighted by atomic mass is 15.2. The van der Waals surface area contributed by atoms with Gasteiger partial charge in [0.15, 0.2) is 0 Å². The fourth-order valence-electron chi connectivity index (χ4n) is 1.71. The highest BCUT2D eigenvalue weighted by molar-refractivity contribution is 5.15. The zero-order valence-electron chi connectivity index (χ0n) is 9.17. The molecule has 2 aromatic heterocycles. The Labute approximate surface area is 94.3 Å². The maximum atomic E-state index is 5.57. The van der Waals surface area contributed by atoms with E-state index in [2.05, 4.69) is 15.4 Å². The fraction of sp³-hybridized carbons (Fsp3) is 0.273. The van der Waals surface area contributed by atoms with E-state index >= 15 is 0 Å². The van der Waals surface area contributed by atoms with Gasteiger partial charge in [-0.1, -0.05) is 6.07 Å². The molecule has 16 heavy (non-hydrogen) atoms. The van der Waals surface area contributed by atoms with Gasteiger partial charge in [0, 0.05) is 25.6 Å². The molecule has 0 aliphatic rings. The third-order valence-corrected chi connectivity index (χ3v) is 2.57. The summed E-state index contributed by atoms with van der Waals surface area (Å²) in [5.74, 6) is 5.57. The number of aromatic nitrogens is 3. The van der Waals surface area contributed by atoms with Crippen LogP contribution in [0.25, 0.3) is 0 Å². The van der Waals surface area contributed by atoms with Crippen LogP contribution in [0, 0.1) is 0 Å². The third kappa shape index (κ3) is 2.26. The Morgan fingerprint density at radius 1 is 1.44 bits per heavy atom. The molecule has 0 saturated heterocycles. The number of nitrogens with one attached hydrogen (secondary N) is 1. The molecule has 0 aliphatic heterocycles. The van der Waals surface area contributed by atoms with Crippen LogP contribution in [0.2, 0.25) is 0 Å². The summed E-state index contributed by atoms with van der Waals surface area (Å²) in [6.07, 6.45) is 7.99. The van der Waals surface area contributed by atoms with E-state index < -0.39 is 0 Å². The first-order chi connectivity index (χ1) is 7.81. The van der Waals surface area contributed by atoms with Crippen molar-refractivity contribution in [1.82, 2.24) is 20.0 Å². The molecular weight excluding hydrogens is 202 g/mol. The highest BCUT2D eigenvalue weighted by Gasteiger charge is 2.13. The van der Waals surface area contributed by atoms with Gasteiger partial charge < -0.3 is 4.57 Å². The van der Waals surface area contributed by atoms with E-state index in [0.717, 1.165) is 17.7 Å². The predicted octanol–water partition coefficient (Wildman–Crippen LogP) is 0.562. The van der Waals surface area contributed by atoms with Gasteiger partial charge in [0.25, 0.3) is 0 Å². The summed E-state index contributed by atoms with van der Waals surface area (Å²) in [5.41, 5.74) is 5.01. The minimum atomic E-state index is 0.0525. The molecule has 1 unspecified atom stereocenters. The number of nitrogens with zero attached hydrogens (tertiary/aromatic N) is 3. The van der Waals surface area contributed by atoms with Crippen LogP contribution in [0.4, 0.5) is 0 Å². The summed E-state index contributed by atoms with van der Waals surface area (Å²) in [6, 6.07) is 4.01. The smallest absolute Gasteiger partial charge is 0.0946 e. The number of imidazole rings is 1. The van der Waals surface area contributed by atoms with Crippen LogP contribution in [-0.4, -0.2) is 14.5 Å². The Bertz CT molecular complexity index is 437. The topological polar surface area (TPSA) is 68.8 Å². The molecule has 0 spiro atoms. The first kappa shape index (κ1) is 10.8. The lowest BCUT2D eigenvalue weighted by Crippen LogP contribution is -2.30. The summed E-state index contributed by atoms with van der Waals surface area (Å²) in [4.78, 5) is 8.17. The van der Waals surface area contributed by atoms with Gasteiger partial charge in [0.05, 0.1) is 18.1 Å². The second-order valence-corrected chi connectivity index (χ2v) is 3.71. The summed E-state index contributed by atoms with van der Waals surface area (Å²) in [6.45, 7) is 0. The summed E-state index contributed by atoms with van der Waals surface area (Å²) >= 11 is 0. The third-order valence-electron chi connectivity index (χ3n) is 2.57. The molecule has 0 aliphatic carbocycles. The lowest BCUT2D eigenvalue weighted by molar-refractivity contribution is 0.521. The Balaban J connectivity index is 2.16. The fourth-order valence-corrected chi connectivity index (χ4v) is 1.71. The van der Waals surface area contributed by atoms with Gasteiger partial charge in [-0.25, -0.2) is 4.98 Å². The molecule has 5 heteroatoms. The van der Waals surface area contributed by atoms with Crippen LogP contribution >= 0.6 is 0 Å². The molecule has 84 valence electrons. The van der Waals surface area contributed by atoms with Crippen LogP contribution in [0.5, 0.6) is 0 Å². The normalized spacial score (nSPS) is 12.6. The second-order valence-electron chi connectivity index (χ2n) is 3.71. The number of aryl methyl sites for hydroxylation is 1. The monoisotopic (exact) mass is 217 g/mol. The molecular formula is C11H15N5. The van der Waals surface area contributed by atoms with Crippen molar-refractivity contribution in [2.24, 2.45) is 12.9 Å². The zero-order chi connectivity index (χ0) is 11.4. The number of nitrogens with two attached hydrogens (primary N) is 1. The maximum absolute atomic E-state index is 5.57. The van der Waals surface area contributed by atoms with Gasteiger partial charge in [-0.15, -0.1) is 0 Å². The van der Waals surface area contributed by atoms with E-state index in [1.54, 1.807) is 12.5 Å². The Morgan fingerprint density at radius 2 is 2.31 bits per heavy atom. The molecule has 1 atom stereocenters. The van der Waals surface area contributed by atoms with E-state index in [1.807, 2.05) is 36.1 Å². The number of hydrogen-bond donors (Lipinski definition) is 2. The van der Waals surface area contributed by atoms with E-state index in [4.69, 9.17) is 5.84 Å². The molecule has 0 bridgehead atoms. The minimum absolute atomic E-state index is 0.0525. The number of rotatable bonds is 4. The van der Waals surface area contributed by atoms with E-state index in [1.165, 1.54) is 0 Å². The minimum Gasteiger partial charge on any atom is -0.336 e. The van der Waals surface area contributed by atoms with Gasteiger partial charge in [-0.05, 0) is 18.1 Å². The molecule has 0 amide bonds. The Kier molecular flexibility index (Phi) is 3.28. The van der Waals surface area contributed by atoms with Crippen molar-refractivity contribution in [3.63, 3.8) is 0 Å². The van der Waals surface area contributed by atoms with Crippen LogP contribution in [-0.2, 0) is 13.5 Å². The van der Waals surface area contributed by atoms with Gasteiger partial charge in [0.2, 0.25) is 0 Å². The number of pyridine rings is 1. The second kappa shape index (κ2) is 4.87. The molecule has 2 aromatic rings. The van der Waals surface area contributed by atoms with Crippen molar-refractivity contribution >= 4 is 0 Å². The lowest BCUT2D eigenvalue weighted by atomic mass is 10.1. The number of hydrazine groups is 1. The quantitative estimate of drug-likeness (QED) is 0.580. The SMILES string of the molecule is Cn1cncc1C(Cc1cccnc1)NN. The van der Waals surface area contributed by atoms with Crippen molar-refractivity contribution in [3.05, 3.63) is 48.3 Å². The van der Waals surface area contributed by atoms with Gasteiger partial charge in [-0.2, -0.15) is 0 Å². The van der Waals surface area contributed by atoms with E-state index in [0.29, 0.717) is 0 Å². The van der Waals surface area contributed by atoms with Crippen LogP contribution in [0.15, 0.2) is 37.1 Å². The molecule has 3 N–H and O–H groups in total. The van der Waals surface area contributed by atoms with E-state index in [-0.39, 0.29) is 6.04 Å². The Morgan fingerprint density at radius 3 is 2.88 bits per heavy atom. The molecule has 2 rings (SSSR count). The van der Waals surface area contributed by atoms with E-state index in [9.17, 15) is 0 Å². The van der Waals surface area contributed by atoms with Crippen LogP contribution < -0.4 is 11.3 Å². The van der Waals surface area contributed by atoms with Crippen molar-refractivity contribution in [3.8, 4) is 0 Å². The average Bonchev–Trinajstić information content (AvgIpc) is 2.74. The maximum Gasteiger partial charge on any atom is 0.0946 e. The summed E-state index contributed by atoms with van der Waals surface area (Å²) in [5, 5.41) is 0. The van der Waals surface area contributed by atoms with Crippen LogP contribution in [0.3, 0.4) is 0 Å². The number of hydrogen-bond acceptors (Lipinski definition) is 4. The van der Waals surface area contributed by atoms with Gasteiger partial charge in [0.1, 0.15) is 0 Å². The molecule has 0 radical (unpaired) electrons. The molecule has 2 heterocycles. The van der Waals surface area contributed by atoms with Crippen molar-refractivity contribution in [2.45, 2.75) is 12.5 Å². The predicted molar refractivity (Wildman–Crippen MR) is 61.2 cm³/mol. The lowest BCUT2D eigenvalue weighted by Gasteiger charge is -2.16. The molecule has 0 saturated carbocycles.